The second-order valence-electron chi connectivity index (χ2n) is 1.05. The van der Waals surface area contributed by atoms with Gasteiger partial charge in [-0.2, -0.15) is 0 Å². The van der Waals surface area contributed by atoms with E-state index >= 15 is 0 Å². The minimum Gasteiger partial charge on any atom is -0.365 e. The van der Waals surface area contributed by atoms with Gasteiger partial charge >= 0.3 is 0 Å². The first-order chi connectivity index (χ1) is 2.50. The first kappa shape index (κ1) is 5.92. The van der Waals surface area contributed by atoms with Crippen molar-refractivity contribution in [2.24, 2.45) is 0 Å². The van der Waals surface area contributed by atoms with Gasteiger partial charge < -0.3 is 4.74 Å². The van der Waals surface area contributed by atoms with Crippen LogP contribution in [-0.2, 0) is 4.74 Å². The summed E-state index contributed by atoms with van der Waals surface area (Å²) in [6.45, 7) is 2.67. The van der Waals surface area contributed by atoms with E-state index < -0.39 is 0 Å². The van der Waals surface area contributed by atoms with Crippen LogP contribution in [0.2, 0.25) is 0 Å². The molecule has 1 heterocycles. The van der Waals surface area contributed by atoms with E-state index in [0.29, 0.717) is 0 Å². The summed E-state index contributed by atoms with van der Waals surface area (Å²) in [6, 6.07) is 0. The normalized spacial score (nSPS) is 20.0. The van der Waals surface area contributed by atoms with Crippen LogP contribution in [0, 0.1) is 7.43 Å². The molecule has 1 N–H and O–H groups in total. The van der Waals surface area contributed by atoms with Crippen LogP contribution in [0.15, 0.2) is 0 Å². The molecule has 0 atom stereocenters. The summed E-state index contributed by atoms with van der Waals surface area (Å²) in [5.41, 5.74) is 0. The Balaban J connectivity index is 0.000000250. The highest BCUT2D eigenvalue weighted by Gasteiger charge is 1.92. The molecule has 1 rings (SSSR count). The van der Waals surface area contributed by atoms with Crippen molar-refractivity contribution in [2.45, 2.75) is 0 Å². The van der Waals surface area contributed by atoms with E-state index in [9.17, 15) is 0 Å². The van der Waals surface area contributed by atoms with Crippen molar-refractivity contribution < 1.29 is 4.74 Å². The maximum absolute atomic E-state index is 4.83. The molecule has 0 amide bonds. The zero-order valence-corrected chi connectivity index (χ0v) is 3.53. The van der Waals surface area contributed by atoms with Crippen molar-refractivity contribution >= 4 is 0 Å². The third-order valence-corrected chi connectivity index (χ3v) is 0.627. The van der Waals surface area contributed by atoms with Gasteiger partial charge in [-0.15, -0.1) is 0 Å². The summed E-state index contributed by atoms with van der Waals surface area (Å²) >= 11 is 0. The van der Waals surface area contributed by atoms with Gasteiger partial charge in [0.25, 0.3) is 0 Å². The fraction of sp³-hybridized carbons (Fsp3) is 0.750. The van der Waals surface area contributed by atoms with Gasteiger partial charge in [0, 0.05) is 14.0 Å². The molecular formula is C4H7NO. The standard InChI is InChI=1S/C3H7NO.C/c1-2-5-3-4-1;/h4H,1-3H2;. The summed E-state index contributed by atoms with van der Waals surface area (Å²) in [4.78, 5) is 0. The number of rotatable bonds is 0. The molecule has 0 aromatic carbocycles. The van der Waals surface area contributed by atoms with E-state index in [4.69, 9.17) is 4.74 Å². The van der Waals surface area contributed by atoms with Gasteiger partial charge in [0.05, 0.1) is 13.3 Å². The van der Waals surface area contributed by atoms with Crippen LogP contribution in [0.4, 0.5) is 0 Å². The Bertz CT molecular complexity index is 19.1. The second kappa shape index (κ2) is 3.12. The molecule has 0 aliphatic carbocycles. The van der Waals surface area contributed by atoms with Crippen molar-refractivity contribution in [3.8, 4) is 0 Å². The highest BCUT2D eigenvalue weighted by atomic mass is 16.5. The molecule has 1 fully saturated rings. The maximum Gasteiger partial charge on any atom is 0.0966 e. The van der Waals surface area contributed by atoms with Crippen LogP contribution in [0.5, 0.6) is 0 Å². The zero-order chi connectivity index (χ0) is 3.54. The predicted octanol–water partition coefficient (Wildman–Crippen LogP) is -0.355. The number of hydrogen-bond donors (Lipinski definition) is 1. The summed E-state index contributed by atoms with van der Waals surface area (Å²) in [6.07, 6.45) is 0. The summed E-state index contributed by atoms with van der Waals surface area (Å²) in [5, 5.41) is 3.00. The molecule has 34 valence electrons. The van der Waals surface area contributed by atoms with Crippen LogP contribution >= 0.6 is 0 Å². The maximum atomic E-state index is 4.83. The second-order valence-corrected chi connectivity index (χ2v) is 1.05. The van der Waals surface area contributed by atoms with E-state index in [-0.39, 0.29) is 7.43 Å². The minimum atomic E-state index is 0. The lowest BCUT2D eigenvalue weighted by atomic mass is 10.7. The first-order valence-corrected chi connectivity index (χ1v) is 1.78. The van der Waals surface area contributed by atoms with Gasteiger partial charge in [-0.3, -0.25) is 5.32 Å². The summed E-state index contributed by atoms with van der Waals surface area (Å²) in [7, 11) is 0. The molecule has 0 bridgehead atoms. The Hall–Kier alpha value is -0.0800. The zero-order valence-electron chi connectivity index (χ0n) is 3.53. The minimum absolute atomic E-state index is 0. The van der Waals surface area contributed by atoms with Crippen LogP contribution in [0.1, 0.15) is 0 Å². The quantitative estimate of drug-likeness (QED) is 0.434. The van der Waals surface area contributed by atoms with Crippen LogP contribution < -0.4 is 5.32 Å². The molecule has 1 aliphatic rings. The topological polar surface area (TPSA) is 21.3 Å². The average molecular weight is 85.1 g/mol. The lowest BCUT2D eigenvalue weighted by Crippen LogP contribution is -2.05. The van der Waals surface area contributed by atoms with Gasteiger partial charge in [0.1, 0.15) is 0 Å². The molecule has 1 saturated heterocycles. The van der Waals surface area contributed by atoms with E-state index in [1.54, 1.807) is 0 Å². The first-order valence-electron chi connectivity index (χ1n) is 1.78. The summed E-state index contributed by atoms with van der Waals surface area (Å²) < 4.78 is 4.83. The lowest BCUT2D eigenvalue weighted by molar-refractivity contribution is 0.194. The molecule has 1 aliphatic heterocycles. The smallest absolute Gasteiger partial charge is 0.0966 e. The average Bonchev–Trinajstić information content (AvgIpc) is 1.76. The van der Waals surface area contributed by atoms with Gasteiger partial charge in [0.15, 0.2) is 0 Å². The third kappa shape index (κ3) is 1.38. The fourth-order valence-electron chi connectivity index (χ4n) is 0.361. The number of ether oxygens (including phenoxy) is 1. The van der Waals surface area contributed by atoms with Crippen molar-refractivity contribution in [3.05, 3.63) is 7.43 Å². The Morgan fingerprint density at radius 3 is 2.50 bits per heavy atom. The Kier molecular flexibility index (Phi) is 3.08. The SMILES string of the molecule is C1COCN1.[C]. The van der Waals surface area contributed by atoms with Crippen LogP contribution in [0.25, 0.3) is 0 Å². The predicted molar refractivity (Wildman–Crippen MR) is 22.1 cm³/mol. The lowest BCUT2D eigenvalue weighted by Gasteiger charge is -1.76. The van der Waals surface area contributed by atoms with Crippen LogP contribution in [-0.4, -0.2) is 19.9 Å². The Labute approximate surface area is 38.5 Å². The van der Waals surface area contributed by atoms with E-state index in [1.165, 1.54) is 0 Å². The van der Waals surface area contributed by atoms with E-state index in [1.807, 2.05) is 0 Å². The molecular weight excluding hydrogens is 78.0 g/mol. The van der Waals surface area contributed by atoms with Gasteiger partial charge in [-0.1, -0.05) is 0 Å². The molecule has 0 aromatic heterocycles. The van der Waals surface area contributed by atoms with Crippen molar-refractivity contribution in [3.63, 3.8) is 0 Å². The Morgan fingerprint density at radius 2 is 2.33 bits per heavy atom. The summed E-state index contributed by atoms with van der Waals surface area (Å²) in [5.74, 6) is 0. The molecule has 0 spiro atoms. The van der Waals surface area contributed by atoms with Gasteiger partial charge in [-0.05, 0) is 0 Å². The molecule has 0 unspecified atom stereocenters. The monoisotopic (exact) mass is 85.1 g/mol. The van der Waals surface area contributed by atoms with E-state index in [0.717, 1.165) is 19.9 Å². The molecule has 4 radical (unpaired) electrons. The highest BCUT2D eigenvalue weighted by molar-refractivity contribution is 4.43. The molecule has 2 heteroatoms. The fourth-order valence-corrected chi connectivity index (χ4v) is 0.361. The van der Waals surface area contributed by atoms with Gasteiger partial charge in [0.2, 0.25) is 0 Å². The molecule has 2 nitrogen and oxygen atoms in total. The molecule has 6 heavy (non-hydrogen) atoms. The number of nitrogens with one attached hydrogen (secondary N) is 1. The van der Waals surface area contributed by atoms with Gasteiger partial charge in [-0.25, -0.2) is 0 Å². The van der Waals surface area contributed by atoms with Crippen LogP contribution in [0.3, 0.4) is 0 Å². The molecule has 0 saturated carbocycles. The van der Waals surface area contributed by atoms with E-state index in [2.05, 4.69) is 5.32 Å². The largest absolute Gasteiger partial charge is 0.365 e. The van der Waals surface area contributed by atoms with Crippen molar-refractivity contribution in [2.75, 3.05) is 19.9 Å². The van der Waals surface area contributed by atoms with Crippen molar-refractivity contribution in [1.29, 1.82) is 0 Å². The highest BCUT2D eigenvalue weighted by Crippen LogP contribution is 1.75. The third-order valence-electron chi connectivity index (χ3n) is 0.627. The number of hydrogen-bond acceptors (Lipinski definition) is 2. The van der Waals surface area contributed by atoms with Crippen molar-refractivity contribution in [1.82, 2.24) is 5.32 Å². The Morgan fingerprint density at radius 1 is 1.50 bits per heavy atom. The molecule has 0 aromatic rings.